The van der Waals surface area contributed by atoms with Crippen molar-refractivity contribution in [2.45, 2.75) is 6.42 Å². The van der Waals surface area contributed by atoms with E-state index in [0.29, 0.717) is 35.1 Å². The van der Waals surface area contributed by atoms with Crippen LogP contribution < -0.4 is 4.90 Å². The van der Waals surface area contributed by atoms with Gasteiger partial charge in [0.25, 0.3) is 0 Å². The van der Waals surface area contributed by atoms with Crippen LogP contribution in [0, 0.1) is 17.2 Å². The van der Waals surface area contributed by atoms with Gasteiger partial charge in [-0.2, -0.15) is 5.26 Å². The van der Waals surface area contributed by atoms with Crippen LogP contribution in [-0.2, 0) is 4.79 Å². The largest absolute Gasteiger partial charge is 0.311 e. The minimum absolute atomic E-state index is 0.00707. The minimum Gasteiger partial charge on any atom is -0.311 e. The molecule has 17 heavy (non-hydrogen) atoms. The maximum atomic E-state index is 11.8. The molecule has 0 aliphatic carbocycles. The molecule has 88 valence electrons. The van der Waals surface area contributed by atoms with Crippen molar-refractivity contribution in [1.29, 1.82) is 5.26 Å². The molecule has 1 aromatic rings. The molecule has 0 N–H and O–H groups in total. The smallest absolute Gasteiger partial charge is 0.227 e. The molecule has 2 rings (SSSR count). The number of benzene rings is 1. The van der Waals surface area contributed by atoms with Crippen LogP contribution in [-0.4, -0.2) is 18.3 Å². The van der Waals surface area contributed by atoms with E-state index in [1.54, 1.807) is 23.1 Å². The molecule has 5 heteroatoms. The summed E-state index contributed by atoms with van der Waals surface area (Å²) in [4.78, 5) is 13.4. The van der Waals surface area contributed by atoms with E-state index in [4.69, 9.17) is 28.5 Å². The van der Waals surface area contributed by atoms with E-state index in [2.05, 4.69) is 0 Å². The Hall–Kier alpha value is -1.24. The number of carbonyl (C=O) groups excluding carboxylic acids is 1. The van der Waals surface area contributed by atoms with Crippen LogP contribution >= 0.6 is 23.2 Å². The zero-order chi connectivity index (χ0) is 12.4. The van der Waals surface area contributed by atoms with Crippen molar-refractivity contribution < 1.29 is 4.79 Å². The summed E-state index contributed by atoms with van der Waals surface area (Å²) in [7, 11) is 0. The fraction of sp³-hybridized carbons (Fsp3) is 0.333. The Morgan fingerprint density at radius 1 is 1.53 bits per heavy atom. The summed E-state index contributed by atoms with van der Waals surface area (Å²) >= 11 is 11.8. The number of nitriles is 1. The van der Waals surface area contributed by atoms with Gasteiger partial charge in [-0.25, -0.2) is 0 Å². The van der Waals surface area contributed by atoms with Crippen molar-refractivity contribution in [3.05, 3.63) is 28.8 Å². The summed E-state index contributed by atoms with van der Waals surface area (Å²) in [6.07, 6.45) is 0.441. The monoisotopic (exact) mass is 268 g/mol. The Balaban J connectivity index is 2.34. The Labute approximate surface area is 110 Å². The Kier molecular flexibility index (Phi) is 3.56. The fourth-order valence-corrected chi connectivity index (χ4v) is 2.33. The van der Waals surface area contributed by atoms with Crippen LogP contribution in [0.5, 0.6) is 0 Å². The third kappa shape index (κ3) is 2.38. The van der Waals surface area contributed by atoms with Crippen molar-refractivity contribution in [2.75, 3.05) is 17.3 Å². The van der Waals surface area contributed by atoms with Gasteiger partial charge in [-0.1, -0.05) is 11.6 Å². The molecule has 0 radical (unpaired) electrons. The van der Waals surface area contributed by atoms with Crippen LogP contribution in [0.25, 0.3) is 0 Å². The van der Waals surface area contributed by atoms with E-state index in [1.807, 2.05) is 6.07 Å². The summed E-state index contributed by atoms with van der Waals surface area (Å²) in [5, 5.41) is 9.32. The molecule has 1 amide bonds. The highest BCUT2D eigenvalue weighted by Gasteiger charge is 2.31. The Morgan fingerprint density at radius 3 is 2.88 bits per heavy atom. The van der Waals surface area contributed by atoms with Gasteiger partial charge < -0.3 is 4.90 Å². The molecule has 1 unspecified atom stereocenters. The molecule has 1 heterocycles. The SMILES string of the molecule is N#Cc1ccc(Cl)c(N2CC(CCl)CC2=O)c1. The van der Waals surface area contributed by atoms with Gasteiger partial charge in [0.05, 0.1) is 22.3 Å². The maximum Gasteiger partial charge on any atom is 0.227 e. The topological polar surface area (TPSA) is 44.1 Å². The van der Waals surface area contributed by atoms with Crippen LogP contribution in [0.15, 0.2) is 18.2 Å². The zero-order valence-electron chi connectivity index (χ0n) is 8.99. The van der Waals surface area contributed by atoms with E-state index < -0.39 is 0 Å². The van der Waals surface area contributed by atoms with Gasteiger partial charge in [0.15, 0.2) is 0 Å². The molecular formula is C12H10Cl2N2O. The summed E-state index contributed by atoms with van der Waals surface area (Å²) in [6, 6.07) is 6.94. The van der Waals surface area contributed by atoms with Gasteiger partial charge >= 0.3 is 0 Å². The second-order valence-electron chi connectivity index (χ2n) is 4.01. The average Bonchev–Trinajstić information content (AvgIpc) is 2.71. The lowest BCUT2D eigenvalue weighted by molar-refractivity contribution is -0.117. The number of alkyl halides is 1. The molecule has 1 aliphatic heterocycles. The number of halogens is 2. The van der Waals surface area contributed by atoms with Gasteiger partial charge in [-0.15, -0.1) is 11.6 Å². The molecule has 0 saturated carbocycles. The quantitative estimate of drug-likeness (QED) is 0.775. The molecule has 0 spiro atoms. The lowest BCUT2D eigenvalue weighted by atomic mass is 10.1. The lowest BCUT2D eigenvalue weighted by Gasteiger charge is -2.18. The molecule has 1 aromatic carbocycles. The number of hydrogen-bond acceptors (Lipinski definition) is 2. The van der Waals surface area contributed by atoms with E-state index in [9.17, 15) is 4.79 Å². The predicted molar refractivity (Wildman–Crippen MR) is 67.3 cm³/mol. The number of hydrogen-bond donors (Lipinski definition) is 0. The maximum absolute atomic E-state index is 11.8. The first-order valence-corrected chi connectivity index (χ1v) is 6.13. The summed E-state index contributed by atoms with van der Waals surface area (Å²) < 4.78 is 0. The Bertz CT molecular complexity index is 496. The predicted octanol–water partition coefficient (Wildman–Crippen LogP) is 2.80. The second kappa shape index (κ2) is 4.95. The molecular weight excluding hydrogens is 259 g/mol. The second-order valence-corrected chi connectivity index (χ2v) is 4.72. The standard InChI is InChI=1S/C12H10Cl2N2O/c13-5-9-4-12(17)16(7-9)11-3-8(6-15)1-2-10(11)14/h1-3,9H,4-5,7H2. The molecule has 0 aromatic heterocycles. The minimum atomic E-state index is 0.00707. The van der Waals surface area contributed by atoms with Crippen molar-refractivity contribution in [1.82, 2.24) is 0 Å². The number of carbonyl (C=O) groups is 1. The highest BCUT2D eigenvalue weighted by atomic mass is 35.5. The highest BCUT2D eigenvalue weighted by molar-refractivity contribution is 6.34. The number of amides is 1. The molecule has 3 nitrogen and oxygen atoms in total. The summed E-state index contributed by atoms with van der Waals surface area (Å²) in [5.41, 5.74) is 1.09. The van der Waals surface area contributed by atoms with Gasteiger partial charge in [-0.3, -0.25) is 4.79 Å². The van der Waals surface area contributed by atoms with E-state index >= 15 is 0 Å². The molecule has 1 aliphatic rings. The van der Waals surface area contributed by atoms with Crippen molar-refractivity contribution in [3.8, 4) is 6.07 Å². The van der Waals surface area contributed by atoms with Crippen LogP contribution in [0.1, 0.15) is 12.0 Å². The van der Waals surface area contributed by atoms with Crippen molar-refractivity contribution >= 4 is 34.8 Å². The first-order chi connectivity index (χ1) is 8.15. The van der Waals surface area contributed by atoms with Gasteiger partial charge in [0.1, 0.15) is 0 Å². The first-order valence-electron chi connectivity index (χ1n) is 5.21. The lowest BCUT2D eigenvalue weighted by Crippen LogP contribution is -2.25. The average molecular weight is 269 g/mol. The van der Waals surface area contributed by atoms with E-state index in [0.717, 1.165) is 0 Å². The fourth-order valence-electron chi connectivity index (χ4n) is 1.91. The third-order valence-electron chi connectivity index (χ3n) is 2.79. The summed E-state index contributed by atoms with van der Waals surface area (Å²) in [6.45, 7) is 0.566. The Morgan fingerprint density at radius 2 is 2.29 bits per heavy atom. The first kappa shape index (κ1) is 12.2. The van der Waals surface area contributed by atoms with E-state index in [-0.39, 0.29) is 11.8 Å². The zero-order valence-corrected chi connectivity index (χ0v) is 10.5. The molecule has 1 atom stereocenters. The number of nitrogens with zero attached hydrogens (tertiary/aromatic N) is 2. The molecule has 1 fully saturated rings. The third-order valence-corrected chi connectivity index (χ3v) is 3.55. The van der Waals surface area contributed by atoms with Crippen molar-refractivity contribution in [2.24, 2.45) is 5.92 Å². The van der Waals surface area contributed by atoms with Crippen molar-refractivity contribution in [3.63, 3.8) is 0 Å². The van der Waals surface area contributed by atoms with Gasteiger partial charge in [0.2, 0.25) is 5.91 Å². The van der Waals surface area contributed by atoms with Gasteiger partial charge in [0, 0.05) is 18.8 Å². The van der Waals surface area contributed by atoms with Gasteiger partial charge in [-0.05, 0) is 24.1 Å². The van der Waals surface area contributed by atoms with Crippen LogP contribution in [0.3, 0.4) is 0 Å². The number of rotatable bonds is 2. The molecule has 1 saturated heterocycles. The highest BCUT2D eigenvalue weighted by Crippen LogP contribution is 2.32. The number of anilines is 1. The molecule has 0 bridgehead atoms. The summed E-state index contributed by atoms with van der Waals surface area (Å²) in [5.74, 6) is 0.622. The van der Waals surface area contributed by atoms with Crippen LogP contribution in [0.2, 0.25) is 5.02 Å². The normalized spacial score (nSPS) is 19.5. The van der Waals surface area contributed by atoms with Crippen LogP contribution in [0.4, 0.5) is 5.69 Å². The van der Waals surface area contributed by atoms with E-state index in [1.165, 1.54) is 0 Å².